The first kappa shape index (κ1) is 22.8. The monoisotopic (exact) mass is 468 g/mol. The summed E-state index contributed by atoms with van der Waals surface area (Å²) in [5.41, 5.74) is 1.32. The molecule has 8 nitrogen and oxygen atoms in total. The lowest BCUT2D eigenvalue weighted by Crippen LogP contribution is -2.47. The number of piperidine rings is 1. The highest BCUT2D eigenvalue weighted by Crippen LogP contribution is 2.29. The summed E-state index contributed by atoms with van der Waals surface area (Å²) < 4.78 is 26.5. The van der Waals surface area contributed by atoms with Crippen LogP contribution in [0.4, 0.5) is 4.39 Å². The number of aromatic nitrogens is 2. The first-order valence-corrected chi connectivity index (χ1v) is 11.7. The van der Waals surface area contributed by atoms with E-state index in [1.165, 1.54) is 18.2 Å². The molecule has 34 heavy (non-hydrogen) atoms. The van der Waals surface area contributed by atoms with Crippen LogP contribution in [0.5, 0.6) is 11.5 Å². The third kappa shape index (κ3) is 5.22. The number of likely N-dealkylation sites (tertiary alicyclic amines) is 1. The summed E-state index contributed by atoms with van der Waals surface area (Å²) in [6.45, 7) is 4.84. The number of pyridine rings is 2. The van der Waals surface area contributed by atoms with Crippen molar-refractivity contribution in [2.75, 3.05) is 39.4 Å². The van der Waals surface area contributed by atoms with Crippen molar-refractivity contribution in [1.29, 1.82) is 0 Å². The quantitative estimate of drug-likeness (QED) is 0.547. The number of nitrogens with zero attached hydrogens (tertiary/aromatic N) is 3. The molecule has 1 aromatic carbocycles. The molecule has 180 valence electrons. The van der Waals surface area contributed by atoms with Gasteiger partial charge in [-0.2, -0.15) is 0 Å². The number of benzene rings is 1. The maximum atomic E-state index is 13.8. The second-order valence-corrected chi connectivity index (χ2v) is 8.99. The van der Waals surface area contributed by atoms with E-state index in [9.17, 15) is 14.3 Å². The van der Waals surface area contributed by atoms with E-state index >= 15 is 0 Å². The van der Waals surface area contributed by atoms with Crippen LogP contribution >= 0.6 is 0 Å². The van der Waals surface area contributed by atoms with Crippen LogP contribution in [-0.4, -0.2) is 65.1 Å². The number of β-amino-alcohol motifs (C(OH)–C–C–N with tert-alkyl or cyclic N) is 1. The van der Waals surface area contributed by atoms with Gasteiger partial charge >= 0.3 is 0 Å². The number of aliphatic hydroxyl groups is 1. The summed E-state index contributed by atoms with van der Waals surface area (Å²) >= 11 is 0. The summed E-state index contributed by atoms with van der Waals surface area (Å²) in [4.78, 5) is 19.0. The van der Waals surface area contributed by atoms with Crippen LogP contribution in [0.25, 0.3) is 10.9 Å². The van der Waals surface area contributed by atoms with Crippen LogP contribution in [0.2, 0.25) is 0 Å². The molecule has 0 unspecified atom stereocenters. The molecule has 0 amide bonds. The second-order valence-electron chi connectivity index (χ2n) is 8.99. The van der Waals surface area contributed by atoms with Crippen molar-refractivity contribution >= 4 is 10.9 Å². The highest BCUT2D eigenvalue weighted by Gasteiger charge is 2.26. The average molecular weight is 469 g/mol. The largest absolute Gasteiger partial charge is 0.486 e. The van der Waals surface area contributed by atoms with Crippen molar-refractivity contribution in [3.05, 3.63) is 64.5 Å². The second kappa shape index (κ2) is 10.1. The van der Waals surface area contributed by atoms with Gasteiger partial charge in [-0.15, -0.1) is 0 Å². The van der Waals surface area contributed by atoms with Gasteiger partial charge in [0.1, 0.15) is 19.0 Å². The molecule has 0 saturated carbocycles. The Bertz CT molecular complexity index is 1220. The fourth-order valence-electron chi connectivity index (χ4n) is 4.83. The Balaban J connectivity index is 1.17. The van der Waals surface area contributed by atoms with Crippen LogP contribution in [0.15, 0.2) is 47.4 Å². The van der Waals surface area contributed by atoms with E-state index < -0.39 is 6.10 Å². The molecular weight excluding hydrogens is 439 g/mol. The van der Waals surface area contributed by atoms with E-state index in [4.69, 9.17) is 9.47 Å². The highest BCUT2D eigenvalue weighted by atomic mass is 19.1. The molecule has 9 heteroatoms. The standard InChI is InChI=1S/C25H29FN4O4/c26-19-3-1-18-2-4-25(32)30(22(18)10-19)6-5-29-15-17(9-21(31)16-29)12-27-13-20-11-23-24(14-28-20)34-8-7-33-23/h1-4,10-11,14,17,21,27,31H,5-9,12-13,15-16H2/t17-,21-/m0/s1. The van der Waals surface area contributed by atoms with Gasteiger partial charge in [0.25, 0.3) is 5.56 Å². The lowest BCUT2D eigenvalue weighted by molar-refractivity contribution is 0.0381. The summed E-state index contributed by atoms with van der Waals surface area (Å²) in [6.07, 6.45) is 1.99. The van der Waals surface area contributed by atoms with E-state index in [0.717, 1.165) is 36.3 Å². The number of fused-ring (bicyclic) bond motifs is 2. The van der Waals surface area contributed by atoms with Crippen LogP contribution in [0.1, 0.15) is 12.1 Å². The predicted molar refractivity (Wildman–Crippen MR) is 126 cm³/mol. The Morgan fingerprint density at radius 3 is 2.79 bits per heavy atom. The molecule has 1 fully saturated rings. The molecule has 0 spiro atoms. The molecule has 1 saturated heterocycles. The molecule has 4 heterocycles. The minimum Gasteiger partial charge on any atom is -0.486 e. The lowest BCUT2D eigenvalue weighted by Gasteiger charge is -2.36. The number of hydrogen-bond acceptors (Lipinski definition) is 7. The Kier molecular flexibility index (Phi) is 6.75. The van der Waals surface area contributed by atoms with Crippen LogP contribution in [0, 0.1) is 11.7 Å². The summed E-state index contributed by atoms with van der Waals surface area (Å²) in [5.74, 6) is 1.30. The molecule has 5 rings (SSSR count). The zero-order chi connectivity index (χ0) is 23.5. The van der Waals surface area contributed by atoms with Gasteiger partial charge < -0.3 is 24.5 Å². The van der Waals surface area contributed by atoms with Gasteiger partial charge in [-0.3, -0.25) is 14.7 Å². The minimum absolute atomic E-state index is 0.152. The van der Waals surface area contributed by atoms with Gasteiger partial charge in [-0.25, -0.2) is 4.39 Å². The van der Waals surface area contributed by atoms with E-state index in [-0.39, 0.29) is 17.3 Å². The number of hydrogen-bond donors (Lipinski definition) is 2. The van der Waals surface area contributed by atoms with Crippen LogP contribution in [0.3, 0.4) is 0 Å². The zero-order valence-electron chi connectivity index (χ0n) is 19.0. The van der Waals surface area contributed by atoms with Crippen molar-refractivity contribution in [1.82, 2.24) is 19.8 Å². The third-order valence-corrected chi connectivity index (χ3v) is 6.41. The number of rotatable bonds is 7. The third-order valence-electron chi connectivity index (χ3n) is 6.41. The minimum atomic E-state index is -0.422. The molecule has 2 aliphatic heterocycles. The SMILES string of the molecule is O=c1ccc2ccc(F)cc2n1CCN1C[C@@H](O)C[C@@H](CNCc2cc3c(cn2)OCCO3)C1. The zero-order valence-corrected chi connectivity index (χ0v) is 19.0. The van der Waals surface area contributed by atoms with Crippen molar-refractivity contribution in [3.8, 4) is 11.5 Å². The van der Waals surface area contributed by atoms with Gasteiger partial charge in [0, 0.05) is 44.9 Å². The maximum Gasteiger partial charge on any atom is 0.251 e. The fraction of sp³-hybridized carbons (Fsp3) is 0.440. The number of aliphatic hydroxyl groups excluding tert-OH is 1. The van der Waals surface area contributed by atoms with Crippen molar-refractivity contribution < 1.29 is 19.0 Å². The molecule has 2 aromatic heterocycles. The predicted octanol–water partition coefficient (Wildman–Crippen LogP) is 1.78. The Morgan fingerprint density at radius 1 is 1.09 bits per heavy atom. The van der Waals surface area contributed by atoms with Crippen molar-refractivity contribution in [3.63, 3.8) is 0 Å². The average Bonchev–Trinajstić information content (AvgIpc) is 2.83. The number of halogens is 1. The van der Waals surface area contributed by atoms with Crippen molar-refractivity contribution in [2.24, 2.45) is 5.92 Å². The van der Waals surface area contributed by atoms with Gasteiger partial charge in [0.15, 0.2) is 11.5 Å². The van der Waals surface area contributed by atoms with Gasteiger partial charge in [-0.1, -0.05) is 0 Å². The first-order chi connectivity index (χ1) is 16.5. The molecule has 0 bridgehead atoms. The first-order valence-electron chi connectivity index (χ1n) is 11.7. The topological polar surface area (TPSA) is 88.9 Å². The smallest absolute Gasteiger partial charge is 0.251 e. The van der Waals surface area contributed by atoms with Gasteiger partial charge in [0.05, 0.1) is 23.5 Å². The highest BCUT2D eigenvalue weighted by molar-refractivity contribution is 5.78. The normalized spacial score (nSPS) is 20.5. The van der Waals surface area contributed by atoms with E-state index in [1.807, 2.05) is 6.07 Å². The Labute approximate surface area is 196 Å². The number of nitrogens with one attached hydrogen (secondary N) is 1. The molecular formula is C25H29FN4O4. The fourth-order valence-corrected chi connectivity index (χ4v) is 4.83. The lowest BCUT2D eigenvalue weighted by atomic mass is 9.96. The molecule has 0 radical (unpaired) electrons. The molecule has 2 atom stereocenters. The maximum absolute atomic E-state index is 13.8. The molecule has 0 aliphatic carbocycles. The van der Waals surface area contributed by atoms with Crippen molar-refractivity contribution in [2.45, 2.75) is 25.6 Å². The Morgan fingerprint density at radius 2 is 1.91 bits per heavy atom. The van der Waals surface area contributed by atoms with E-state index in [1.54, 1.807) is 22.9 Å². The summed E-state index contributed by atoms with van der Waals surface area (Å²) in [6, 6.07) is 9.62. The molecule has 2 aliphatic rings. The summed E-state index contributed by atoms with van der Waals surface area (Å²) in [7, 11) is 0. The van der Waals surface area contributed by atoms with E-state index in [2.05, 4.69) is 15.2 Å². The molecule has 3 aromatic rings. The van der Waals surface area contributed by atoms with Gasteiger partial charge in [-0.05, 0) is 48.5 Å². The molecule has 2 N–H and O–H groups in total. The Hall–Kier alpha value is -3.01. The van der Waals surface area contributed by atoms with Gasteiger partial charge in [0.2, 0.25) is 0 Å². The summed E-state index contributed by atoms with van der Waals surface area (Å²) in [5, 5.41) is 14.7. The number of ether oxygens (including phenoxy) is 2. The van der Waals surface area contributed by atoms with Crippen LogP contribution < -0.4 is 20.3 Å². The van der Waals surface area contributed by atoms with E-state index in [0.29, 0.717) is 50.7 Å². The van der Waals surface area contributed by atoms with Crippen LogP contribution in [-0.2, 0) is 13.1 Å².